The Balaban J connectivity index is 2.57. The highest BCUT2D eigenvalue weighted by Gasteiger charge is 2.01. The molecule has 0 saturated carbocycles. The van der Waals surface area contributed by atoms with E-state index in [1.807, 2.05) is 18.3 Å². The first-order valence-electron chi connectivity index (χ1n) is 4.23. The molecule has 0 unspecified atom stereocenters. The molecule has 0 radical (unpaired) electrons. The van der Waals surface area contributed by atoms with Gasteiger partial charge in [0, 0.05) is 6.07 Å². The number of rotatable bonds is 2. The van der Waals surface area contributed by atoms with Crippen LogP contribution < -0.4 is 4.74 Å². The Morgan fingerprint density at radius 2 is 2.31 bits per heavy atom. The number of aryl methyl sites for hydroxylation is 1. The minimum absolute atomic E-state index is 0.604. The van der Waals surface area contributed by atoms with Crippen molar-refractivity contribution in [2.75, 3.05) is 7.11 Å². The summed E-state index contributed by atoms with van der Waals surface area (Å²) in [6.07, 6.45) is 2.84. The molecule has 0 aliphatic rings. The first-order chi connectivity index (χ1) is 6.33. The van der Waals surface area contributed by atoms with Crippen LogP contribution in [0.4, 0.5) is 0 Å². The third-order valence-electron chi connectivity index (χ3n) is 1.92. The number of methoxy groups -OCH3 is 1. The number of hydrogen-bond donors (Lipinski definition) is 0. The molecule has 68 valence electrons. The maximum Gasteiger partial charge on any atom is 0.231 e. The average molecular weight is 177 g/mol. The second kappa shape index (κ2) is 3.05. The summed E-state index contributed by atoms with van der Waals surface area (Å²) in [6, 6.07) is 3.70. The molecule has 2 heterocycles. The number of nitrogens with zero attached hydrogens (tertiary/aromatic N) is 3. The van der Waals surface area contributed by atoms with Crippen LogP contribution in [-0.4, -0.2) is 21.7 Å². The van der Waals surface area contributed by atoms with Crippen molar-refractivity contribution >= 4 is 5.65 Å². The molecule has 2 aromatic heterocycles. The highest BCUT2D eigenvalue weighted by atomic mass is 16.5. The number of aromatic nitrogens is 3. The Hall–Kier alpha value is -1.58. The van der Waals surface area contributed by atoms with Crippen molar-refractivity contribution in [1.82, 2.24) is 14.6 Å². The monoisotopic (exact) mass is 177 g/mol. The van der Waals surface area contributed by atoms with Gasteiger partial charge in [-0.25, -0.2) is 9.50 Å². The maximum atomic E-state index is 5.01. The van der Waals surface area contributed by atoms with Gasteiger partial charge in [-0.05, 0) is 12.5 Å². The summed E-state index contributed by atoms with van der Waals surface area (Å²) in [4.78, 5) is 4.35. The Kier molecular flexibility index (Phi) is 1.88. The molecule has 0 fully saturated rings. The van der Waals surface area contributed by atoms with Crippen LogP contribution in [0.2, 0.25) is 0 Å². The normalized spacial score (nSPS) is 10.6. The Morgan fingerprint density at radius 3 is 3.00 bits per heavy atom. The van der Waals surface area contributed by atoms with Crippen LogP contribution in [0, 0.1) is 0 Å². The summed E-state index contributed by atoms with van der Waals surface area (Å²) in [7, 11) is 1.60. The third-order valence-corrected chi connectivity index (χ3v) is 1.92. The van der Waals surface area contributed by atoms with Gasteiger partial charge in [-0.2, -0.15) is 0 Å². The van der Waals surface area contributed by atoms with Gasteiger partial charge in [-0.15, -0.1) is 5.10 Å². The van der Waals surface area contributed by atoms with E-state index in [2.05, 4.69) is 17.0 Å². The highest BCUT2D eigenvalue weighted by molar-refractivity contribution is 5.39. The lowest BCUT2D eigenvalue weighted by Gasteiger charge is -1.96. The van der Waals surface area contributed by atoms with E-state index in [1.165, 1.54) is 0 Å². The lowest BCUT2D eigenvalue weighted by atomic mass is 10.4. The fraction of sp³-hybridized carbons (Fsp3) is 0.333. The second-order valence-corrected chi connectivity index (χ2v) is 2.76. The van der Waals surface area contributed by atoms with Crippen LogP contribution in [0.1, 0.15) is 12.6 Å². The smallest absolute Gasteiger partial charge is 0.231 e. The van der Waals surface area contributed by atoms with Crippen molar-refractivity contribution < 1.29 is 4.74 Å². The Labute approximate surface area is 76.2 Å². The molecule has 2 aromatic rings. The largest absolute Gasteiger partial charge is 0.480 e. The zero-order valence-electron chi connectivity index (χ0n) is 7.69. The topological polar surface area (TPSA) is 39.4 Å². The van der Waals surface area contributed by atoms with E-state index in [9.17, 15) is 0 Å². The van der Waals surface area contributed by atoms with Gasteiger partial charge in [-0.3, -0.25) is 0 Å². The molecule has 4 heteroatoms. The van der Waals surface area contributed by atoms with E-state index in [0.29, 0.717) is 5.88 Å². The molecule has 2 rings (SSSR count). The van der Waals surface area contributed by atoms with E-state index in [-0.39, 0.29) is 0 Å². The zero-order chi connectivity index (χ0) is 9.26. The molecule has 0 spiro atoms. The summed E-state index contributed by atoms with van der Waals surface area (Å²) >= 11 is 0. The molecule has 0 aliphatic carbocycles. The lowest BCUT2D eigenvalue weighted by molar-refractivity contribution is 0.390. The van der Waals surface area contributed by atoms with Crippen LogP contribution in [0.25, 0.3) is 5.65 Å². The van der Waals surface area contributed by atoms with E-state index >= 15 is 0 Å². The van der Waals surface area contributed by atoms with Gasteiger partial charge in [0.15, 0.2) is 5.65 Å². The summed E-state index contributed by atoms with van der Waals surface area (Å²) < 4.78 is 6.74. The van der Waals surface area contributed by atoms with Crippen LogP contribution in [0.5, 0.6) is 5.88 Å². The van der Waals surface area contributed by atoms with Crippen molar-refractivity contribution in [3.05, 3.63) is 24.0 Å². The summed E-state index contributed by atoms with van der Waals surface area (Å²) in [5, 5.41) is 4.19. The van der Waals surface area contributed by atoms with Crippen molar-refractivity contribution in [1.29, 1.82) is 0 Å². The molecular weight excluding hydrogens is 166 g/mol. The van der Waals surface area contributed by atoms with Gasteiger partial charge in [0.05, 0.1) is 19.0 Å². The van der Waals surface area contributed by atoms with E-state index in [0.717, 1.165) is 17.8 Å². The molecule has 0 amide bonds. The van der Waals surface area contributed by atoms with Gasteiger partial charge in [0.1, 0.15) is 0 Å². The number of imidazole rings is 1. The van der Waals surface area contributed by atoms with Crippen LogP contribution in [0.15, 0.2) is 18.3 Å². The van der Waals surface area contributed by atoms with Crippen molar-refractivity contribution in [2.24, 2.45) is 0 Å². The molecule has 0 atom stereocenters. The number of hydrogen-bond acceptors (Lipinski definition) is 3. The SMILES string of the molecule is CCc1cn2nc(OC)ccc2n1. The third kappa shape index (κ3) is 1.35. The molecule has 0 saturated heterocycles. The lowest BCUT2D eigenvalue weighted by Crippen LogP contribution is -1.93. The first kappa shape index (κ1) is 8.04. The molecule has 0 bridgehead atoms. The van der Waals surface area contributed by atoms with Gasteiger partial charge in [0.25, 0.3) is 0 Å². The quantitative estimate of drug-likeness (QED) is 0.694. The maximum absolute atomic E-state index is 5.01. The summed E-state index contributed by atoms with van der Waals surface area (Å²) in [5.74, 6) is 0.604. The average Bonchev–Trinajstić information content (AvgIpc) is 2.58. The summed E-state index contributed by atoms with van der Waals surface area (Å²) in [5.41, 5.74) is 1.90. The molecular formula is C9H11N3O. The predicted molar refractivity (Wildman–Crippen MR) is 48.9 cm³/mol. The molecule has 0 aromatic carbocycles. The summed E-state index contributed by atoms with van der Waals surface area (Å²) in [6.45, 7) is 2.07. The van der Waals surface area contributed by atoms with Gasteiger partial charge in [0.2, 0.25) is 5.88 Å². The minimum Gasteiger partial charge on any atom is -0.480 e. The molecule has 13 heavy (non-hydrogen) atoms. The van der Waals surface area contributed by atoms with Gasteiger partial charge < -0.3 is 4.74 Å². The Morgan fingerprint density at radius 1 is 1.46 bits per heavy atom. The van der Waals surface area contributed by atoms with Crippen molar-refractivity contribution in [2.45, 2.75) is 13.3 Å². The van der Waals surface area contributed by atoms with Crippen LogP contribution >= 0.6 is 0 Å². The fourth-order valence-corrected chi connectivity index (χ4v) is 1.19. The zero-order valence-corrected chi connectivity index (χ0v) is 7.69. The molecule has 4 nitrogen and oxygen atoms in total. The van der Waals surface area contributed by atoms with Crippen molar-refractivity contribution in [3.63, 3.8) is 0 Å². The first-order valence-corrected chi connectivity index (χ1v) is 4.23. The fourth-order valence-electron chi connectivity index (χ4n) is 1.19. The molecule has 0 aliphatic heterocycles. The van der Waals surface area contributed by atoms with Crippen LogP contribution in [0.3, 0.4) is 0 Å². The van der Waals surface area contributed by atoms with E-state index in [4.69, 9.17) is 4.74 Å². The predicted octanol–water partition coefficient (Wildman–Crippen LogP) is 1.30. The van der Waals surface area contributed by atoms with Crippen LogP contribution in [-0.2, 0) is 6.42 Å². The van der Waals surface area contributed by atoms with Gasteiger partial charge >= 0.3 is 0 Å². The number of fused-ring (bicyclic) bond motifs is 1. The molecule has 0 N–H and O–H groups in total. The van der Waals surface area contributed by atoms with E-state index in [1.54, 1.807) is 11.6 Å². The number of ether oxygens (including phenoxy) is 1. The standard InChI is InChI=1S/C9H11N3O/c1-3-7-6-12-8(10-7)4-5-9(11-12)13-2/h4-6H,3H2,1-2H3. The van der Waals surface area contributed by atoms with Crippen molar-refractivity contribution in [3.8, 4) is 5.88 Å². The van der Waals surface area contributed by atoms with E-state index < -0.39 is 0 Å². The van der Waals surface area contributed by atoms with Gasteiger partial charge in [-0.1, -0.05) is 6.92 Å². The highest BCUT2D eigenvalue weighted by Crippen LogP contribution is 2.09. The minimum atomic E-state index is 0.604. The Bertz CT molecular complexity index is 420. The second-order valence-electron chi connectivity index (χ2n) is 2.76.